The molecule has 4 rings (SSSR count). The molecule has 2 N–H and O–H groups in total. The second kappa shape index (κ2) is 8.87. The van der Waals surface area contributed by atoms with Gasteiger partial charge in [-0.2, -0.15) is 0 Å². The first-order chi connectivity index (χ1) is 16.2. The van der Waals surface area contributed by atoms with Crippen LogP contribution >= 0.6 is 0 Å². The molecule has 0 bridgehead atoms. The molecule has 0 saturated heterocycles. The lowest BCUT2D eigenvalue weighted by Gasteiger charge is -2.60. The van der Waals surface area contributed by atoms with Crippen LogP contribution in [0.3, 0.4) is 0 Å². The quantitative estimate of drug-likeness (QED) is 0.325. The summed E-state index contributed by atoms with van der Waals surface area (Å²) in [6.45, 7) is 20.6. The zero-order chi connectivity index (χ0) is 26.0. The van der Waals surface area contributed by atoms with Crippen molar-refractivity contribution in [3.63, 3.8) is 0 Å². The molecule has 2 fully saturated rings. The summed E-state index contributed by atoms with van der Waals surface area (Å²) in [5.74, 6) is 0.671. The van der Waals surface area contributed by atoms with Crippen molar-refractivity contribution in [3.05, 3.63) is 35.5 Å². The summed E-state index contributed by atoms with van der Waals surface area (Å²) in [6, 6.07) is 0. The first-order valence-electron chi connectivity index (χ1n) is 13.8. The minimum Gasteiger partial charge on any atom is -0.464 e. The van der Waals surface area contributed by atoms with E-state index in [9.17, 15) is 15.0 Å². The average Bonchev–Trinajstić information content (AvgIpc) is 2.99. The van der Waals surface area contributed by atoms with Gasteiger partial charge >= 0.3 is 0 Å². The molecule has 196 valence electrons. The number of hydrogen-bond donors (Lipinski definition) is 2. The molecule has 4 aliphatic carbocycles. The van der Waals surface area contributed by atoms with E-state index in [-0.39, 0.29) is 39.8 Å². The molecule has 0 radical (unpaired) electrons. The van der Waals surface area contributed by atoms with Gasteiger partial charge in [-0.3, -0.25) is 4.79 Å². The number of rotatable bonds is 7. The molecule has 0 spiro atoms. The highest BCUT2D eigenvalue weighted by molar-refractivity contribution is 5.50. The molecule has 2 saturated carbocycles. The molecule has 4 nitrogen and oxygen atoms in total. The van der Waals surface area contributed by atoms with Gasteiger partial charge in [-0.15, -0.1) is 0 Å². The van der Waals surface area contributed by atoms with Gasteiger partial charge in [-0.1, -0.05) is 72.8 Å². The van der Waals surface area contributed by atoms with Crippen molar-refractivity contribution >= 4 is 6.47 Å². The first kappa shape index (κ1) is 26.7. The summed E-state index contributed by atoms with van der Waals surface area (Å²) in [5.41, 5.74) is 3.52. The van der Waals surface area contributed by atoms with Gasteiger partial charge < -0.3 is 14.9 Å². The van der Waals surface area contributed by atoms with E-state index in [1.54, 1.807) is 0 Å². The van der Waals surface area contributed by atoms with Gasteiger partial charge in [0.15, 0.2) is 0 Å². The van der Waals surface area contributed by atoms with E-state index in [1.165, 1.54) is 11.1 Å². The topological polar surface area (TPSA) is 66.8 Å². The van der Waals surface area contributed by atoms with Crippen LogP contribution in [-0.2, 0) is 9.53 Å². The van der Waals surface area contributed by atoms with Crippen LogP contribution in [0.2, 0.25) is 0 Å². The Morgan fingerprint density at radius 2 is 1.86 bits per heavy atom. The van der Waals surface area contributed by atoms with Gasteiger partial charge in [0, 0.05) is 11.3 Å². The van der Waals surface area contributed by atoms with E-state index < -0.39 is 6.10 Å². The van der Waals surface area contributed by atoms with Crippen molar-refractivity contribution in [3.8, 4) is 0 Å². The highest BCUT2D eigenvalue weighted by Gasteiger charge is 2.66. The second-order valence-electron chi connectivity index (χ2n) is 13.7. The Kier molecular flexibility index (Phi) is 6.76. The zero-order valence-corrected chi connectivity index (χ0v) is 23.1. The van der Waals surface area contributed by atoms with Crippen LogP contribution in [0.25, 0.3) is 0 Å². The molecular weight excluding hydrogens is 436 g/mol. The minimum atomic E-state index is -0.522. The fourth-order valence-electron chi connectivity index (χ4n) is 8.78. The van der Waals surface area contributed by atoms with Gasteiger partial charge in [0.25, 0.3) is 6.47 Å². The second-order valence-corrected chi connectivity index (χ2v) is 13.7. The molecule has 0 aromatic rings. The Morgan fingerprint density at radius 3 is 2.49 bits per heavy atom. The maximum Gasteiger partial charge on any atom is 0.293 e. The molecule has 0 aliphatic heterocycles. The third-order valence-corrected chi connectivity index (χ3v) is 11.5. The maximum absolute atomic E-state index is 11.5. The normalized spacial score (nSPS) is 42.8. The standard InChI is InChI=1S/C31H48O4/c1-19(2)20(3)9-11-24(35-18-32)27-23(33)17-31(8)22-10-12-25-28(4,5)26(34)14-15-29(25,6)21(22)13-16-30(27,31)7/h10,13,18-19,23-27,33-34H,3,9,11-12,14-17H2,1-2,4-8H3/t23-,24-,25?,26-,27-,29-,30-,31+/m1/s1. The summed E-state index contributed by atoms with van der Waals surface area (Å²) >= 11 is 0. The van der Waals surface area contributed by atoms with Crippen molar-refractivity contribution in [2.24, 2.45) is 39.4 Å². The molecule has 35 heavy (non-hydrogen) atoms. The lowest BCUT2D eigenvalue weighted by atomic mass is 9.44. The highest BCUT2D eigenvalue weighted by Crippen LogP contribution is 2.71. The van der Waals surface area contributed by atoms with Crippen LogP contribution < -0.4 is 0 Å². The fourth-order valence-corrected chi connectivity index (χ4v) is 8.78. The van der Waals surface area contributed by atoms with Gasteiger partial charge in [0.2, 0.25) is 0 Å². The molecule has 0 heterocycles. The Morgan fingerprint density at radius 1 is 1.17 bits per heavy atom. The van der Waals surface area contributed by atoms with Crippen molar-refractivity contribution in [2.45, 2.75) is 112 Å². The number of ether oxygens (including phenoxy) is 1. The number of fused-ring (bicyclic) bond motifs is 5. The van der Waals surface area contributed by atoms with Gasteiger partial charge in [0.1, 0.15) is 6.10 Å². The van der Waals surface area contributed by atoms with E-state index in [4.69, 9.17) is 4.74 Å². The Labute approximate surface area is 212 Å². The molecule has 1 unspecified atom stereocenters. The molecule has 4 heteroatoms. The Balaban J connectivity index is 1.71. The SMILES string of the molecule is C=C(CC[C@@H](OC=O)[C@H]1[C@H](O)C[C@@]2(C)C3=CCC4C(C)(C)[C@H](O)CC[C@]4(C)C3=CC[C@]12C)C(C)C. The number of allylic oxidation sites excluding steroid dienone is 5. The van der Waals surface area contributed by atoms with Crippen LogP contribution in [0.1, 0.15) is 93.4 Å². The van der Waals surface area contributed by atoms with Crippen LogP contribution in [0.5, 0.6) is 0 Å². The fraction of sp³-hybridized carbons (Fsp3) is 0.774. The molecular formula is C31H48O4. The van der Waals surface area contributed by atoms with Crippen molar-refractivity contribution in [2.75, 3.05) is 0 Å². The van der Waals surface area contributed by atoms with Gasteiger partial charge in [0.05, 0.1) is 12.2 Å². The maximum atomic E-state index is 11.5. The summed E-state index contributed by atoms with van der Waals surface area (Å²) in [7, 11) is 0. The lowest BCUT2D eigenvalue weighted by molar-refractivity contribution is -0.143. The number of aliphatic hydroxyl groups is 2. The zero-order valence-electron chi connectivity index (χ0n) is 23.1. The molecule has 0 aromatic carbocycles. The number of hydrogen-bond acceptors (Lipinski definition) is 4. The monoisotopic (exact) mass is 484 g/mol. The van der Waals surface area contributed by atoms with Crippen molar-refractivity contribution < 1.29 is 19.7 Å². The molecule has 0 aromatic heterocycles. The first-order valence-corrected chi connectivity index (χ1v) is 13.8. The third-order valence-electron chi connectivity index (χ3n) is 11.5. The smallest absolute Gasteiger partial charge is 0.293 e. The average molecular weight is 485 g/mol. The van der Waals surface area contributed by atoms with E-state index in [0.29, 0.717) is 31.1 Å². The highest BCUT2D eigenvalue weighted by atomic mass is 16.5. The van der Waals surface area contributed by atoms with E-state index in [1.807, 2.05) is 0 Å². The predicted molar refractivity (Wildman–Crippen MR) is 140 cm³/mol. The van der Waals surface area contributed by atoms with Crippen molar-refractivity contribution in [1.29, 1.82) is 0 Å². The number of aliphatic hydroxyl groups excluding tert-OH is 2. The van der Waals surface area contributed by atoms with E-state index >= 15 is 0 Å². The van der Waals surface area contributed by atoms with Crippen LogP contribution in [0.4, 0.5) is 0 Å². The van der Waals surface area contributed by atoms with Crippen LogP contribution in [0.15, 0.2) is 35.5 Å². The summed E-state index contributed by atoms with van der Waals surface area (Å²) < 4.78 is 5.72. The van der Waals surface area contributed by atoms with E-state index in [2.05, 4.69) is 67.2 Å². The van der Waals surface area contributed by atoms with Crippen LogP contribution in [-0.4, -0.2) is 35.0 Å². The Hall–Kier alpha value is -1.39. The number of carbonyl (C=O) groups is 1. The summed E-state index contributed by atoms with van der Waals surface area (Å²) in [6.07, 6.45) is 9.62. The summed E-state index contributed by atoms with van der Waals surface area (Å²) in [5, 5.41) is 22.3. The third kappa shape index (κ3) is 3.81. The minimum absolute atomic E-state index is 0.0356. The predicted octanol–water partition coefficient (Wildman–Crippen LogP) is 6.38. The molecule has 8 atom stereocenters. The van der Waals surface area contributed by atoms with Crippen LogP contribution in [0, 0.1) is 39.4 Å². The van der Waals surface area contributed by atoms with E-state index in [0.717, 1.165) is 37.7 Å². The molecule has 0 amide bonds. The van der Waals surface area contributed by atoms with Gasteiger partial charge in [-0.05, 0) is 84.2 Å². The number of carbonyl (C=O) groups excluding carboxylic acids is 1. The molecule has 4 aliphatic rings. The van der Waals surface area contributed by atoms with Gasteiger partial charge in [-0.25, -0.2) is 0 Å². The lowest BCUT2D eigenvalue weighted by Crippen LogP contribution is -2.54. The largest absolute Gasteiger partial charge is 0.464 e. The Bertz CT molecular complexity index is 928. The van der Waals surface area contributed by atoms with Crippen molar-refractivity contribution in [1.82, 2.24) is 0 Å². The summed E-state index contributed by atoms with van der Waals surface area (Å²) in [4.78, 5) is 11.5.